The normalized spacial score (nSPS) is 11.4. The van der Waals surface area contributed by atoms with E-state index in [2.05, 4.69) is 32.0 Å². The van der Waals surface area contributed by atoms with E-state index in [-0.39, 0.29) is 0 Å². The van der Waals surface area contributed by atoms with Crippen molar-refractivity contribution in [2.24, 2.45) is 0 Å². The van der Waals surface area contributed by atoms with E-state index < -0.39 is 10.2 Å². The molecule has 0 aliphatic heterocycles. The van der Waals surface area contributed by atoms with Crippen LogP contribution >= 0.6 is 34.2 Å². The molecule has 0 fully saturated rings. The summed E-state index contributed by atoms with van der Waals surface area (Å²) in [4.78, 5) is 0. The van der Waals surface area contributed by atoms with Crippen molar-refractivity contribution in [2.45, 2.75) is 0 Å². The first-order chi connectivity index (χ1) is 6.44. The highest BCUT2D eigenvalue weighted by atomic mass is 127. The first kappa shape index (κ1) is 12.0. The fourth-order valence-corrected chi connectivity index (χ4v) is 2.04. The van der Waals surface area contributed by atoms with Gasteiger partial charge in [-0.25, -0.2) is 4.72 Å². The highest BCUT2D eigenvalue weighted by Crippen LogP contribution is 2.24. The summed E-state index contributed by atoms with van der Waals surface area (Å²) in [6, 6.07) is 5.08. The van der Waals surface area contributed by atoms with Crippen LogP contribution in [0.5, 0.6) is 0 Å². The van der Waals surface area contributed by atoms with Gasteiger partial charge in [0.25, 0.3) is 10.2 Å². The maximum absolute atomic E-state index is 11.1. The van der Waals surface area contributed by atoms with Crippen molar-refractivity contribution in [3.8, 4) is 0 Å². The van der Waals surface area contributed by atoms with Crippen LogP contribution in [0.15, 0.2) is 18.2 Å². The van der Waals surface area contributed by atoms with E-state index in [4.69, 9.17) is 11.6 Å². The molecule has 0 unspecified atom stereocenters. The molecule has 14 heavy (non-hydrogen) atoms. The van der Waals surface area contributed by atoms with Crippen molar-refractivity contribution in [3.63, 3.8) is 0 Å². The van der Waals surface area contributed by atoms with Crippen LogP contribution in [0.3, 0.4) is 0 Å². The lowest BCUT2D eigenvalue weighted by atomic mass is 10.3. The minimum Gasteiger partial charge on any atom is -0.270 e. The van der Waals surface area contributed by atoms with Crippen LogP contribution in [0.2, 0.25) is 5.02 Å². The van der Waals surface area contributed by atoms with Crippen molar-refractivity contribution >= 4 is 50.1 Å². The van der Waals surface area contributed by atoms with Gasteiger partial charge in [0.1, 0.15) is 0 Å². The Hall–Kier alpha value is -0.0500. The van der Waals surface area contributed by atoms with Gasteiger partial charge in [0.2, 0.25) is 0 Å². The molecule has 2 N–H and O–H groups in total. The van der Waals surface area contributed by atoms with Crippen molar-refractivity contribution < 1.29 is 8.42 Å². The minimum atomic E-state index is -3.50. The van der Waals surface area contributed by atoms with Gasteiger partial charge in [-0.05, 0) is 40.8 Å². The largest absolute Gasteiger partial charge is 0.298 e. The number of halogens is 2. The third-order valence-electron chi connectivity index (χ3n) is 1.44. The van der Waals surface area contributed by atoms with E-state index in [1.54, 1.807) is 18.2 Å². The number of rotatable bonds is 3. The zero-order chi connectivity index (χ0) is 10.8. The molecule has 1 aromatic rings. The molecular formula is C7H8ClIN2O2S. The van der Waals surface area contributed by atoms with Gasteiger partial charge in [0.15, 0.2) is 0 Å². The number of hydrogen-bond acceptors (Lipinski definition) is 2. The Bertz CT molecular complexity index is 435. The first-order valence-electron chi connectivity index (χ1n) is 3.61. The van der Waals surface area contributed by atoms with Gasteiger partial charge in [-0.1, -0.05) is 11.6 Å². The standard InChI is InChI=1S/C7H8ClIN2O2S/c1-10-14(12,13)11-7-4-5(9)2-3-6(7)8/h2-4,10-11H,1H3. The lowest BCUT2D eigenvalue weighted by Crippen LogP contribution is -2.26. The highest BCUT2D eigenvalue weighted by molar-refractivity contribution is 14.1. The molecule has 0 radical (unpaired) electrons. The van der Waals surface area contributed by atoms with E-state index in [0.717, 1.165) is 3.57 Å². The Morgan fingerprint density at radius 3 is 2.64 bits per heavy atom. The Labute approximate surface area is 101 Å². The maximum atomic E-state index is 11.1. The van der Waals surface area contributed by atoms with Crippen molar-refractivity contribution in [3.05, 3.63) is 26.8 Å². The Morgan fingerprint density at radius 2 is 2.07 bits per heavy atom. The highest BCUT2D eigenvalue weighted by Gasteiger charge is 2.09. The summed E-state index contributed by atoms with van der Waals surface area (Å²) in [5.74, 6) is 0. The van der Waals surface area contributed by atoms with Crippen molar-refractivity contribution in [1.82, 2.24) is 4.72 Å². The molecule has 0 aliphatic carbocycles. The lowest BCUT2D eigenvalue weighted by molar-refractivity contribution is 0.593. The minimum absolute atomic E-state index is 0.365. The second kappa shape index (κ2) is 4.65. The van der Waals surface area contributed by atoms with Gasteiger partial charge >= 0.3 is 0 Å². The molecular weight excluding hydrogens is 339 g/mol. The smallest absolute Gasteiger partial charge is 0.270 e. The summed E-state index contributed by atoms with van der Waals surface area (Å²) in [6.07, 6.45) is 0. The molecule has 0 aromatic heterocycles. The quantitative estimate of drug-likeness (QED) is 0.820. The van der Waals surface area contributed by atoms with E-state index >= 15 is 0 Å². The maximum Gasteiger partial charge on any atom is 0.298 e. The van der Waals surface area contributed by atoms with E-state index in [1.807, 2.05) is 0 Å². The molecule has 0 spiro atoms. The Morgan fingerprint density at radius 1 is 1.43 bits per heavy atom. The van der Waals surface area contributed by atoms with Gasteiger partial charge in [0.05, 0.1) is 10.7 Å². The predicted octanol–water partition coefficient (Wildman–Crippen LogP) is 1.82. The van der Waals surface area contributed by atoms with E-state index in [1.165, 1.54) is 7.05 Å². The Kier molecular flexibility index (Phi) is 3.99. The molecule has 0 bridgehead atoms. The molecule has 0 saturated heterocycles. The molecule has 0 atom stereocenters. The van der Waals surface area contributed by atoms with Crippen LogP contribution in [-0.4, -0.2) is 15.5 Å². The van der Waals surface area contributed by atoms with Gasteiger partial charge in [0, 0.05) is 10.6 Å². The summed E-state index contributed by atoms with van der Waals surface area (Å²) in [6.45, 7) is 0. The van der Waals surface area contributed by atoms with E-state index in [0.29, 0.717) is 10.7 Å². The SMILES string of the molecule is CNS(=O)(=O)Nc1cc(I)ccc1Cl. The van der Waals surface area contributed by atoms with Crippen molar-refractivity contribution in [2.75, 3.05) is 11.8 Å². The fraction of sp³-hybridized carbons (Fsp3) is 0.143. The predicted molar refractivity (Wildman–Crippen MR) is 65.8 cm³/mol. The molecule has 4 nitrogen and oxygen atoms in total. The zero-order valence-electron chi connectivity index (χ0n) is 7.21. The summed E-state index contributed by atoms with van der Waals surface area (Å²) in [5.41, 5.74) is 0.368. The van der Waals surface area contributed by atoms with Gasteiger partial charge < -0.3 is 0 Å². The van der Waals surface area contributed by atoms with Crippen LogP contribution in [-0.2, 0) is 10.2 Å². The number of hydrogen-bond donors (Lipinski definition) is 2. The Balaban J connectivity index is 3.03. The fourth-order valence-electron chi connectivity index (χ4n) is 0.771. The third kappa shape index (κ3) is 3.26. The lowest BCUT2D eigenvalue weighted by Gasteiger charge is -2.08. The number of benzene rings is 1. The number of anilines is 1. The third-order valence-corrected chi connectivity index (χ3v) is 3.47. The van der Waals surface area contributed by atoms with Gasteiger partial charge in [-0.2, -0.15) is 8.42 Å². The molecule has 0 aliphatic rings. The van der Waals surface area contributed by atoms with E-state index in [9.17, 15) is 8.42 Å². The number of nitrogens with one attached hydrogen (secondary N) is 2. The molecule has 0 heterocycles. The first-order valence-corrected chi connectivity index (χ1v) is 6.55. The van der Waals surface area contributed by atoms with Crippen LogP contribution in [0.1, 0.15) is 0 Å². The molecule has 0 saturated carbocycles. The summed E-state index contributed by atoms with van der Waals surface area (Å²) in [5, 5.41) is 0.365. The zero-order valence-corrected chi connectivity index (χ0v) is 10.9. The second-order valence-electron chi connectivity index (χ2n) is 2.43. The topological polar surface area (TPSA) is 58.2 Å². The average Bonchev–Trinajstić information content (AvgIpc) is 2.11. The summed E-state index contributed by atoms with van der Waals surface area (Å²) in [7, 11) is -2.18. The van der Waals surface area contributed by atoms with Crippen LogP contribution < -0.4 is 9.44 Å². The molecule has 1 aromatic carbocycles. The summed E-state index contributed by atoms with van der Waals surface area (Å²) >= 11 is 7.87. The second-order valence-corrected chi connectivity index (χ2v) is 5.71. The molecule has 1 rings (SSSR count). The molecule has 0 amide bonds. The molecule has 7 heteroatoms. The monoisotopic (exact) mass is 346 g/mol. The average molecular weight is 347 g/mol. The van der Waals surface area contributed by atoms with Gasteiger partial charge in [-0.3, -0.25) is 4.72 Å². The van der Waals surface area contributed by atoms with Crippen molar-refractivity contribution in [1.29, 1.82) is 0 Å². The van der Waals surface area contributed by atoms with Crippen LogP contribution in [0.4, 0.5) is 5.69 Å². The van der Waals surface area contributed by atoms with Crippen LogP contribution in [0.25, 0.3) is 0 Å². The molecule has 78 valence electrons. The van der Waals surface area contributed by atoms with Gasteiger partial charge in [-0.15, -0.1) is 0 Å². The summed E-state index contributed by atoms with van der Waals surface area (Å²) < 4.78 is 27.6. The van der Waals surface area contributed by atoms with Crippen LogP contribution in [0, 0.1) is 3.57 Å².